The lowest BCUT2D eigenvalue weighted by Gasteiger charge is -2.45. The van der Waals surface area contributed by atoms with Crippen LogP contribution in [0.15, 0.2) is 35.5 Å². The topological polar surface area (TPSA) is 67.9 Å². The lowest BCUT2D eigenvalue weighted by atomic mass is 9.59. The van der Waals surface area contributed by atoms with Crippen molar-refractivity contribution < 1.29 is 19.6 Å². The molecule has 0 radical (unpaired) electrons. The van der Waals surface area contributed by atoms with Gasteiger partial charge in [-0.05, 0) is 68.2 Å². The zero-order valence-electron chi connectivity index (χ0n) is 19.0. The van der Waals surface area contributed by atoms with E-state index in [1.165, 1.54) is 30.2 Å². The summed E-state index contributed by atoms with van der Waals surface area (Å²) < 4.78 is 11.3. The standard InChI is InChI=1S/C26H34N2O3/c1-16-5-4-9-26(2)13-24-20(12-22(16)26)21(25(29)31-24)15-27-10-8-17-14-28-23-7-6-18(30-3)11-19(17)23/h6-7,11,14,20-21,24,27-28H,4-5,8-10,12-13,15H2,1-3H3/p+1/t20-,21-,24-,26-/m1/s1. The Morgan fingerprint density at radius 2 is 2.23 bits per heavy atom. The first-order valence-corrected chi connectivity index (χ1v) is 11.8. The molecule has 2 aliphatic carbocycles. The molecule has 0 spiro atoms. The van der Waals surface area contributed by atoms with E-state index in [9.17, 15) is 4.79 Å². The first-order chi connectivity index (χ1) is 15.0. The molecule has 31 heavy (non-hydrogen) atoms. The highest BCUT2D eigenvalue weighted by molar-refractivity contribution is 5.84. The SMILES string of the molecule is COc1ccc2[nH]cc(CC[NH2+]C[C@H]3C(=O)O[C@@H]4C[C@@]5(C)CCCC(C)=C5C[C@@H]43)c2c1. The van der Waals surface area contributed by atoms with Crippen LogP contribution in [0, 0.1) is 17.3 Å². The summed E-state index contributed by atoms with van der Waals surface area (Å²) in [6.45, 7) is 6.49. The van der Waals surface area contributed by atoms with Gasteiger partial charge in [0.1, 0.15) is 17.8 Å². The van der Waals surface area contributed by atoms with E-state index in [2.05, 4.69) is 42.5 Å². The molecule has 1 saturated carbocycles. The van der Waals surface area contributed by atoms with Gasteiger partial charge in [-0.25, -0.2) is 0 Å². The van der Waals surface area contributed by atoms with Crippen molar-refractivity contribution in [3.63, 3.8) is 0 Å². The lowest BCUT2D eigenvalue weighted by Crippen LogP contribution is -2.86. The normalized spacial score (nSPS) is 30.3. The van der Waals surface area contributed by atoms with Crippen molar-refractivity contribution in [2.75, 3.05) is 20.2 Å². The van der Waals surface area contributed by atoms with Gasteiger partial charge in [-0.2, -0.15) is 0 Å². The maximum absolute atomic E-state index is 12.7. The number of nitrogens with one attached hydrogen (secondary N) is 1. The number of hydrogen-bond acceptors (Lipinski definition) is 3. The van der Waals surface area contributed by atoms with Gasteiger partial charge in [0, 0.05) is 29.4 Å². The molecule has 2 fully saturated rings. The fraction of sp³-hybridized carbons (Fsp3) is 0.577. The number of H-pyrrole nitrogens is 1. The average molecular weight is 424 g/mol. The van der Waals surface area contributed by atoms with Gasteiger partial charge >= 0.3 is 5.97 Å². The zero-order valence-corrected chi connectivity index (χ0v) is 19.0. The third kappa shape index (κ3) is 3.67. The van der Waals surface area contributed by atoms with E-state index in [0.29, 0.717) is 5.92 Å². The van der Waals surface area contributed by atoms with Gasteiger partial charge in [0.15, 0.2) is 0 Å². The Kier molecular flexibility index (Phi) is 5.33. The fourth-order valence-corrected chi connectivity index (χ4v) is 6.43. The van der Waals surface area contributed by atoms with E-state index in [4.69, 9.17) is 9.47 Å². The van der Waals surface area contributed by atoms with Crippen LogP contribution >= 0.6 is 0 Å². The average Bonchev–Trinajstić information content (AvgIpc) is 3.29. The molecule has 2 heterocycles. The maximum atomic E-state index is 12.7. The molecule has 1 aliphatic heterocycles. The van der Waals surface area contributed by atoms with Gasteiger partial charge in [-0.1, -0.05) is 18.1 Å². The van der Waals surface area contributed by atoms with Crippen molar-refractivity contribution in [2.24, 2.45) is 17.3 Å². The molecule has 5 nitrogen and oxygen atoms in total. The molecule has 1 aromatic carbocycles. The second kappa shape index (κ2) is 8.01. The zero-order chi connectivity index (χ0) is 21.6. The van der Waals surface area contributed by atoms with Crippen molar-refractivity contribution in [1.82, 2.24) is 4.98 Å². The number of allylic oxidation sites excluding steroid dienone is 2. The molecule has 5 rings (SSSR count). The Morgan fingerprint density at radius 1 is 1.35 bits per heavy atom. The number of methoxy groups -OCH3 is 1. The quantitative estimate of drug-likeness (QED) is 0.423. The van der Waals surface area contributed by atoms with Crippen molar-refractivity contribution in [1.29, 1.82) is 0 Å². The van der Waals surface area contributed by atoms with Crippen LogP contribution in [-0.2, 0) is 16.0 Å². The number of esters is 1. The lowest BCUT2D eigenvalue weighted by molar-refractivity contribution is -0.658. The van der Waals surface area contributed by atoms with Crippen LogP contribution in [0.5, 0.6) is 5.75 Å². The monoisotopic (exact) mass is 423 g/mol. The van der Waals surface area contributed by atoms with Gasteiger partial charge in [-0.3, -0.25) is 4.79 Å². The molecule has 0 amide bonds. The number of carbonyl (C=O) groups is 1. The first kappa shape index (κ1) is 20.6. The predicted molar refractivity (Wildman–Crippen MR) is 121 cm³/mol. The van der Waals surface area contributed by atoms with Crippen LogP contribution < -0.4 is 10.1 Å². The highest BCUT2D eigenvalue weighted by atomic mass is 16.6. The van der Waals surface area contributed by atoms with Gasteiger partial charge in [0.25, 0.3) is 0 Å². The van der Waals surface area contributed by atoms with E-state index >= 15 is 0 Å². The van der Waals surface area contributed by atoms with Crippen LogP contribution in [0.25, 0.3) is 10.9 Å². The molecule has 4 atom stereocenters. The fourth-order valence-electron chi connectivity index (χ4n) is 6.43. The third-order valence-corrected chi connectivity index (χ3v) is 8.19. The molecule has 0 unspecified atom stereocenters. The second-order valence-corrected chi connectivity index (χ2v) is 10.1. The smallest absolute Gasteiger partial charge is 0.315 e. The minimum absolute atomic E-state index is 0.0276. The summed E-state index contributed by atoms with van der Waals surface area (Å²) in [6, 6.07) is 6.14. The molecule has 2 aromatic rings. The van der Waals surface area contributed by atoms with Crippen LogP contribution in [-0.4, -0.2) is 37.3 Å². The summed E-state index contributed by atoms with van der Waals surface area (Å²) in [4.78, 5) is 16.1. The van der Waals surface area contributed by atoms with E-state index in [1.807, 2.05) is 6.07 Å². The number of benzene rings is 1. The molecule has 166 valence electrons. The summed E-state index contributed by atoms with van der Waals surface area (Å²) in [5, 5.41) is 3.53. The van der Waals surface area contributed by atoms with E-state index in [-0.39, 0.29) is 23.4 Å². The summed E-state index contributed by atoms with van der Waals surface area (Å²) in [5.41, 5.74) is 5.90. The molecular weight excluding hydrogens is 388 g/mol. The maximum Gasteiger partial charge on any atom is 0.315 e. The second-order valence-electron chi connectivity index (χ2n) is 10.1. The number of carbonyl (C=O) groups excluding carboxylic acids is 1. The molecular formula is C26H35N2O3+. The Morgan fingerprint density at radius 3 is 3.06 bits per heavy atom. The number of nitrogens with two attached hydrogens (primary N) is 1. The third-order valence-electron chi connectivity index (χ3n) is 8.19. The van der Waals surface area contributed by atoms with Crippen molar-refractivity contribution >= 4 is 16.9 Å². The predicted octanol–water partition coefficient (Wildman–Crippen LogP) is 3.74. The molecule has 1 saturated heterocycles. The summed E-state index contributed by atoms with van der Waals surface area (Å²) in [5.74, 6) is 1.30. The number of fused-ring (bicyclic) bond motifs is 3. The summed E-state index contributed by atoms with van der Waals surface area (Å²) in [6.07, 6.45) is 8.99. The van der Waals surface area contributed by atoms with E-state index in [0.717, 1.165) is 43.6 Å². The highest BCUT2D eigenvalue weighted by Gasteiger charge is 2.53. The van der Waals surface area contributed by atoms with Crippen LogP contribution in [0.1, 0.15) is 51.5 Å². The minimum atomic E-state index is 0.0276. The largest absolute Gasteiger partial charge is 0.497 e. The minimum Gasteiger partial charge on any atom is -0.497 e. The Hall–Kier alpha value is -2.27. The molecule has 0 bridgehead atoms. The molecule has 1 aromatic heterocycles. The number of aromatic nitrogens is 1. The van der Waals surface area contributed by atoms with Crippen LogP contribution in [0.3, 0.4) is 0 Å². The molecule has 3 aliphatic rings. The number of quaternary nitrogens is 1. The van der Waals surface area contributed by atoms with Crippen molar-refractivity contribution in [2.45, 2.75) is 58.5 Å². The number of ether oxygens (including phenoxy) is 2. The van der Waals surface area contributed by atoms with Crippen LogP contribution in [0.4, 0.5) is 0 Å². The first-order valence-electron chi connectivity index (χ1n) is 11.8. The Labute approximate surface area is 184 Å². The van der Waals surface area contributed by atoms with Crippen LogP contribution in [0.2, 0.25) is 0 Å². The van der Waals surface area contributed by atoms with Crippen molar-refractivity contribution in [3.8, 4) is 5.75 Å². The molecule has 3 N–H and O–H groups in total. The summed E-state index contributed by atoms with van der Waals surface area (Å²) in [7, 11) is 1.70. The highest BCUT2D eigenvalue weighted by Crippen LogP contribution is 2.54. The Bertz CT molecular complexity index is 1020. The van der Waals surface area contributed by atoms with Gasteiger partial charge in [-0.15, -0.1) is 0 Å². The van der Waals surface area contributed by atoms with Gasteiger partial charge < -0.3 is 19.8 Å². The number of aromatic amines is 1. The van der Waals surface area contributed by atoms with E-state index < -0.39 is 0 Å². The Balaban J connectivity index is 1.22. The number of hydrogen-bond donors (Lipinski definition) is 2. The van der Waals surface area contributed by atoms with E-state index in [1.54, 1.807) is 18.3 Å². The number of rotatable bonds is 6. The summed E-state index contributed by atoms with van der Waals surface area (Å²) >= 11 is 0. The van der Waals surface area contributed by atoms with Gasteiger partial charge in [0.05, 0.1) is 20.2 Å². The van der Waals surface area contributed by atoms with Gasteiger partial charge in [0.2, 0.25) is 0 Å². The molecule has 5 heteroatoms. The van der Waals surface area contributed by atoms with Crippen molar-refractivity contribution in [3.05, 3.63) is 41.1 Å².